The molecule has 0 unspecified atom stereocenters. The van der Waals surface area contributed by atoms with Gasteiger partial charge >= 0.3 is 0 Å². The summed E-state index contributed by atoms with van der Waals surface area (Å²) in [5.74, 6) is 1.29. The smallest absolute Gasteiger partial charge is 0.263 e. The fourth-order valence-electron chi connectivity index (χ4n) is 4.04. The molecule has 1 aromatic carbocycles. The molecule has 2 aromatic heterocycles. The summed E-state index contributed by atoms with van der Waals surface area (Å²) >= 11 is 0. The van der Waals surface area contributed by atoms with Crippen molar-refractivity contribution in [3.05, 3.63) is 59.4 Å². The van der Waals surface area contributed by atoms with Gasteiger partial charge in [-0.2, -0.15) is 0 Å². The van der Waals surface area contributed by atoms with Crippen molar-refractivity contribution in [2.75, 3.05) is 13.1 Å². The maximum Gasteiger partial charge on any atom is 0.263 e. The standard InChI is InChI=1S/C23H27N3O2/c1-15-6-7-22(16(2)13-15)28-17(3)23(27)26-11-8-18(9-12-26)20-14-21-19(25-20)5-4-10-24-21/h4-7,10,13-14,17-18,25H,8-9,11-12H2,1-3H3/t17-/m1/s1. The number of H-pyrrole nitrogens is 1. The molecule has 4 rings (SSSR count). The average molecular weight is 377 g/mol. The fraction of sp³-hybridized carbons (Fsp3) is 0.391. The summed E-state index contributed by atoms with van der Waals surface area (Å²) in [6.45, 7) is 7.43. The molecule has 0 aliphatic carbocycles. The number of carbonyl (C=O) groups excluding carboxylic acids is 1. The minimum absolute atomic E-state index is 0.0664. The van der Waals surface area contributed by atoms with E-state index in [1.807, 2.05) is 43.1 Å². The number of benzene rings is 1. The Labute approximate surface area is 165 Å². The van der Waals surface area contributed by atoms with Crippen LogP contribution in [0.25, 0.3) is 11.0 Å². The van der Waals surface area contributed by atoms with Gasteiger partial charge in [-0.05, 0) is 63.4 Å². The van der Waals surface area contributed by atoms with Gasteiger partial charge in [-0.3, -0.25) is 9.78 Å². The van der Waals surface area contributed by atoms with Gasteiger partial charge in [0, 0.05) is 30.9 Å². The summed E-state index contributed by atoms with van der Waals surface area (Å²) < 4.78 is 5.96. The van der Waals surface area contributed by atoms with Crippen molar-refractivity contribution in [2.45, 2.75) is 45.6 Å². The van der Waals surface area contributed by atoms with E-state index in [1.165, 1.54) is 11.3 Å². The molecule has 0 bridgehead atoms. The number of hydrogen-bond acceptors (Lipinski definition) is 3. The zero-order valence-corrected chi connectivity index (χ0v) is 16.7. The van der Waals surface area contributed by atoms with Crippen LogP contribution in [0.4, 0.5) is 0 Å². The Morgan fingerprint density at radius 3 is 2.71 bits per heavy atom. The van der Waals surface area contributed by atoms with E-state index < -0.39 is 6.10 Å². The lowest BCUT2D eigenvalue weighted by atomic mass is 9.93. The van der Waals surface area contributed by atoms with E-state index in [4.69, 9.17) is 4.74 Å². The molecular weight excluding hydrogens is 350 g/mol. The Morgan fingerprint density at radius 1 is 1.21 bits per heavy atom. The van der Waals surface area contributed by atoms with Crippen molar-refractivity contribution in [3.63, 3.8) is 0 Å². The zero-order chi connectivity index (χ0) is 19.7. The molecular formula is C23H27N3O2. The van der Waals surface area contributed by atoms with Crippen LogP contribution in [0.1, 0.15) is 42.5 Å². The molecule has 1 N–H and O–H groups in total. The molecule has 146 valence electrons. The number of likely N-dealkylation sites (tertiary alicyclic amines) is 1. The summed E-state index contributed by atoms with van der Waals surface area (Å²) in [6.07, 6.45) is 3.25. The van der Waals surface area contributed by atoms with E-state index >= 15 is 0 Å². The number of aromatic amines is 1. The van der Waals surface area contributed by atoms with Gasteiger partial charge in [0.2, 0.25) is 0 Å². The van der Waals surface area contributed by atoms with E-state index in [1.54, 1.807) is 0 Å². The summed E-state index contributed by atoms with van der Waals surface area (Å²) in [4.78, 5) is 22.7. The van der Waals surface area contributed by atoms with Gasteiger partial charge in [0.15, 0.2) is 6.10 Å². The molecule has 0 saturated carbocycles. The van der Waals surface area contributed by atoms with Gasteiger partial charge in [0.05, 0.1) is 11.0 Å². The number of rotatable bonds is 4. The lowest BCUT2D eigenvalue weighted by Crippen LogP contribution is -2.44. The first-order valence-corrected chi connectivity index (χ1v) is 9.97. The molecule has 0 spiro atoms. The number of nitrogens with one attached hydrogen (secondary N) is 1. The number of piperidine rings is 1. The van der Waals surface area contributed by atoms with Crippen molar-refractivity contribution in [1.29, 1.82) is 0 Å². The molecule has 3 aromatic rings. The molecule has 1 amide bonds. The third-order valence-corrected chi connectivity index (χ3v) is 5.64. The Balaban J connectivity index is 1.36. The van der Waals surface area contributed by atoms with Crippen molar-refractivity contribution < 1.29 is 9.53 Å². The molecule has 1 saturated heterocycles. The third kappa shape index (κ3) is 3.75. The predicted octanol–water partition coefficient (Wildman–Crippen LogP) is 4.35. The molecule has 1 atom stereocenters. The van der Waals surface area contributed by atoms with Gasteiger partial charge in [-0.25, -0.2) is 0 Å². The molecule has 0 radical (unpaired) electrons. The van der Waals surface area contributed by atoms with Gasteiger partial charge in [0.1, 0.15) is 5.75 Å². The Bertz CT molecular complexity index is 953. The minimum atomic E-state index is -0.477. The first-order valence-electron chi connectivity index (χ1n) is 9.97. The number of ether oxygens (including phenoxy) is 1. The number of hydrogen-bond donors (Lipinski definition) is 1. The number of aromatic nitrogens is 2. The highest BCUT2D eigenvalue weighted by atomic mass is 16.5. The van der Waals surface area contributed by atoms with Crippen LogP contribution in [0.5, 0.6) is 5.75 Å². The maximum atomic E-state index is 12.8. The van der Waals surface area contributed by atoms with Crippen molar-refractivity contribution >= 4 is 16.9 Å². The van der Waals surface area contributed by atoms with E-state index in [0.717, 1.165) is 48.3 Å². The van der Waals surface area contributed by atoms with Crippen molar-refractivity contribution in [2.24, 2.45) is 0 Å². The highest BCUT2D eigenvalue weighted by Gasteiger charge is 2.28. The van der Waals surface area contributed by atoms with Gasteiger partial charge < -0.3 is 14.6 Å². The summed E-state index contributed by atoms with van der Waals surface area (Å²) in [7, 11) is 0. The van der Waals surface area contributed by atoms with E-state index in [2.05, 4.69) is 35.1 Å². The average Bonchev–Trinajstić information content (AvgIpc) is 3.14. The van der Waals surface area contributed by atoms with Crippen LogP contribution >= 0.6 is 0 Å². The number of nitrogens with zero attached hydrogens (tertiary/aromatic N) is 2. The van der Waals surface area contributed by atoms with Crippen LogP contribution in [0.15, 0.2) is 42.6 Å². The third-order valence-electron chi connectivity index (χ3n) is 5.64. The second-order valence-electron chi connectivity index (χ2n) is 7.79. The normalized spacial score (nSPS) is 16.3. The molecule has 1 fully saturated rings. The number of amides is 1. The lowest BCUT2D eigenvalue weighted by Gasteiger charge is -2.33. The molecule has 5 heteroatoms. The summed E-state index contributed by atoms with van der Waals surface area (Å²) in [5, 5.41) is 0. The first-order chi connectivity index (χ1) is 13.5. The van der Waals surface area contributed by atoms with Crippen LogP contribution < -0.4 is 4.74 Å². The molecule has 28 heavy (non-hydrogen) atoms. The quantitative estimate of drug-likeness (QED) is 0.735. The number of aryl methyl sites for hydroxylation is 2. The van der Waals surface area contributed by atoms with Crippen molar-refractivity contribution in [3.8, 4) is 5.75 Å². The Kier molecular flexibility index (Phi) is 5.07. The van der Waals surface area contributed by atoms with Gasteiger partial charge in [-0.15, -0.1) is 0 Å². The van der Waals surface area contributed by atoms with E-state index in [9.17, 15) is 4.79 Å². The minimum Gasteiger partial charge on any atom is -0.481 e. The monoisotopic (exact) mass is 377 g/mol. The summed E-state index contributed by atoms with van der Waals surface area (Å²) in [5.41, 5.74) is 5.56. The predicted molar refractivity (Wildman–Crippen MR) is 111 cm³/mol. The Hall–Kier alpha value is -2.82. The highest BCUT2D eigenvalue weighted by Crippen LogP contribution is 2.30. The molecule has 5 nitrogen and oxygen atoms in total. The van der Waals surface area contributed by atoms with Gasteiger partial charge in [0.25, 0.3) is 5.91 Å². The molecule has 1 aliphatic heterocycles. The highest BCUT2D eigenvalue weighted by molar-refractivity contribution is 5.81. The van der Waals surface area contributed by atoms with Crippen LogP contribution in [0.2, 0.25) is 0 Å². The maximum absolute atomic E-state index is 12.8. The van der Waals surface area contributed by atoms with E-state index in [-0.39, 0.29) is 5.91 Å². The first kappa shape index (κ1) is 18.5. The van der Waals surface area contributed by atoms with Crippen LogP contribution in [-0.4, -0.2) is 40.0 Å². The number of fused-ring (bicyclic) bond motifs is 1. The molecule has 1 aliphatic rings. The second kappa shape index (κ2) is 7.66. The zero-order valence-electron chi connectivity index (χ0n) is 16.7. The van der Waals surface area contributed by atoms with Crippen LogP contribution in [0, 0.1) is 13.8 Å². The van der Waals surface area contributed by atoms with Crippen molar-refractivity contribution in [1.82, 2.24) is 14.9 Å². The second-order valence-corrected chi connectivity index (χ2v) is 7.79. The summed E-state index contributed by atoms with van der Waals surface area (Å²) in [6, 6.07) is 12.2. The van der Waals surface area contributed by atoms with Gasteiger partial charge in [-0.1, -0.05) is 17.7 Å². The van der Waals surface area contributed by atoms with Crippen LogP contribution in [-0.2, 0) is 4.79 Å². The van der Waals surface area contributed by atoms with E-state index in [0.29, 0.717) is 5.92 Å². The number of pyridine rings is 1. The lowest BCUT2D eigenvalue weighted by molar-refractivity contribution is -0.139. The SMILES string of the molecule is Cc1ccc(O[C@H](C)C(=O)N2CCC(c3cc4ncccc4[nH]3)CC2)c(C)c1. The number of carbonyl (C=O) groups is 1. The topological polar surface area (TPSA) is 58.2 Å². The fourth-order valence-corrected chi connectivity index (χ4v) is 4.04. The Morgan fingerprint density at radius 2 is 2.00 bits per heavy atom. The molecule has 3 heterocycles. The largest absolute Gasteiger partial charge is 0.481 e. The van der Waals surface area contributed by atoms with Crippen LogP contribution in [0.3, 0.4) is 0 Å².